The summed E-state index contributed by atoms with van der Waals surface area (Å²) in [6.07, 6.45) is 2.71. The molecule has 5 nitrogen and oxygen atoms in total. The molecule has 0 saturated carbocycles. The Bertz CT molecular complexity index is 1500. The summed E-state index contributed by atoms with van der Waals surface area (Å²) in [4.78, 5) is 17.1. The van der Waals surface area contributed by atoms with Gasteiger partial charge in [-0.05, 0) is 0 Å². The van der Waals surface area contributed by atoms with Gasteiger partial charge in [0.25, 0.3) is 0 Å². The second kappa shape index (κ2) is 11.7. The molecule has 0 radical (unpaired) electrons. The van der Waals surface area contributed by atoms with Crippen LogP contribution in [0.25, 0.3) is 22.9 Å². The Balaban J connectivity index is 1.67. The molecule has 1 aliphatic rings. The molecule has 0 N–H and O–H groups in total. The van der Waals surface area contributed by atoms with E-state index in [4.69, 9.17) is 14.8 Å². The third-order valence-corrected chi connectivity index (χ3v) is 14.0. The summed E-state index contributed by atoms with van der Waals surface area (Å²) >= 11 is 2.47. The van der Waals surface area contributed by atoms with Gasteiger partial charge < -0.3 is 0 Å². The van der Waals surface area contributed by atoms with Gasteiger partial charge >= 0.3 is 252 Å². The van der Waals surface area contributed by atoms with Crippen molar-refractivity contribution < 1.29 is 13.9 Å². The Morgan fingerprint density at radius 3 is 2.70 bits per heavy atom. The van der Waals surface area contributed by atoms with E-state index in [1.54, 1.807) is 6.08 Å². The Labute approximate surface area is 249 Å². The predicted octanol–water partition coefficient (Wildman–Crippen LogP) is 7.66. The van der Waals surface area contributed by atoms with Gasteiger partial charge in [0.1, 0.15) is 0 Å². The summed E-state index contributed by atoms with van der Waals surface area (Å²) in [5, 5.41) is 5.13. The fourth-order valence-electron chi connectivity index (χ4n) is 4.60. The number of halogens is 4. The van der Waals surface area contributed by atoms with Crippen molar-refractivity contribution in [2.45, 2.75) is 31.0 Å². The fourth-order valence-corrected chi connectivity index (χ4v) is 11.1. The van der Waals surface area contributed by atoms with E-state index in [1.165, 1.54) is 21.4 Å². The van der Waals surface area contributed by atoms with Gasteiger partial charge in [-0.25, -0.2) is 0 Å². The van der Waals surface area contributed by atoms with E-state index < -0.39 is 19.8 Å². The number of rotatable bonds is 9. The quantitative estimate of drug-likeness (QED) is 0.0753. The number of carbonyl (C=O) groups is 1. The molecule has 0 atom stereocenters. The molecule has 0 bridgehead atoms. The summed E-state index contributed by atoms with van der Waals surface area (Å²) in [6.45, 7) is 7.35. The Hall–Kier alpha value is -1.45. The summed E-state index contributed by atoms with van der Waals surface area (Å²) in [7, 11) is 0. The zero-order valence-corrected chi connectivity index (χ0v) is 26.7. The number of nitrogens with zero attached hydrogens (tertiary/aromatic N) is 3. The van der Waals surface area contributed by atoms with Crippen molar-refractivity contribution in [2.24, 2.45) is 0 Å². The van der Waals surface area contributed by atoms with Gasteiger partial charge in [-0.15, -0.1) is 0 Å². The number of hydrogen-bond donors (Lipinski definition) is 0. The first-order chi connectivity index (χ1) is 17.9. The van der Waals surface area contributed by atoms with Crippen molar-refractivity contribution in [2.75, 3.05) is 8.86 Å². The van der Waals surface area contributed by atoms with Crippen LogP contribution in [0.5, 0.6) is 0 Å². The average Bonchev–Trinajstić information content (AvgIpc) is 3.53. The molecular weight excluding hydrogens is 810 g/mol. The maximum absolute atomic E-state index is 13.4. The van der Waals surface area contributed by atoms with Crippen LogP contribution in [0.2, 0.25) is 0 Å². The standard InChI is InChI=1S/C28H25FI3N3O2/c1-3-18-13-19(26(31)36)7-10-21(18)25-23(14-30)34-35-27(22-15-37-16-24(22)33-28(25)35)32(4-2)12-11-17-5-8-20(29)9-6-17/h3,5-10,13H,1,4,11-12,14-16H2,2H3. The molecule has 9 heteroatoms. The molecule has 5 rings (SSSR count). The summed E-state index contributed by atoms with van der Waals surface area (Å²) in [5.41, 5.74) is 8.70. The van der Waals surface area contributed by atoms with Crippen LogP contribution in [0, 0.1) is 9.52 Å². The van der Waals surface area contributed by atoms with Crippen LogP contribution in [0.1, 0.15) is 45.4 Å². The van der Waals surface area contributed by atoms with E-state index in [0.29, 0.717) is 18.8 Å². The summed E-state index contributed by atoms with van der Waals surface area (Å²) < 4.78 is 25.6. The molecule has 0 spiro atoms. The predicted molar refractivity (Wildman–Crippen MR) is 171 cm³/mol. The zero-order valence-electron chi connectivity index (χ0n) is 20.2. The molecule has 0 unspecified atom stereocenters. The van der Waals surface area contributed by atoms with Crippen molar-refractivity contribution in [3.05, 3.63) is 92.2 Å². The van der Waals surface area contributed by atoms with E-state index in [9.17, 15) is 9.18 Å². The second-order valence-corrected chi connectivity index (χ2v) is 16.6. The molecule has 2 aromatic carbocycles. The number of aryl methyl sites for hydroxylation is 1. The van der Waals surface area contributed by atoms with Crippen molar-refractivity contribution >= 4 is 80.5 Å². The van der Waals surface area contributed by atoms with Crippen molar-refractivity contribution in [1.29, 1.82) is 0 Å². The number of carbonyl (C=O) groups excluding carboxylic acids is 1. The van der Waals surface area contributed by atoms with E-state index in [-0.39, 0.29) is 9.61 Å². The average molecular weight is 835 g/mol. The van der Waals surface area contributed by atoms with E-state index >= 15 is 0 Å². The molecular formula is C28H25FI3N3O2. The molecule has 192 valence electrons. The SMILES string of the molecule is C=Cc1cc(C(=O)I)ccc1-c1c(CI)nn2c(I(CC)CCc3ccc(F)cc3)c3c(nc12)COC3. The second-order valence-electron chi connectivity index (χ2n) is 8.58. The monoisotopic (exact) mass is 835 g/mol. The number of hydrogen-bond acceptors (Lipinski definition) is 4. The van der Waals surface area contributed by atoms with Gasteiger partial charge in [-0.2, -0.15) is 0 Å². The van der Waals surface area contributed by atoms with Gasteiger partial charge in [-0.1, -0.05) is 0 Å². The normalized spacial score (nSPS) is 13.1. The number of aromatic nitrogens is 3. The Morgan fingerprint density at radius 1 is 1.24 bits per heavy atom. The molecule has 1 aliphatic heterocycles. The third kappa shape index (κ3) is 5.37. The van der Waals surface area contributed by atoms with Gasteiger partial charge in [0.2, 0.25) is 0 Å². The van der Waals surface area contributed by atoms with Crippen molar-refractivity contribution in [1.82, 2.24) is 14.6 Å². The van der Waals surface area contributed by atoms with E-state index in [0.717, 1.165) is 59.0 Å². The van der Waals surface area contributed by atoms with E-state index in [1.807, 2.05) is 52.9 Å². The van der Waals surface area contributed by atoms with Crippen LogP contribution < -0.4 is 0 Å². The minimum atomic E-state index is -1.70. The number of fused-ring (bicyclic) bond motifs is 2. The number of ether oxygens (including phenoxy) is 1. The zero-order chi connectivity index (χ0) is 26.1. The van der Waals surface area contributed by atoms with E-state index in [2.05, 4.69) is 40.6 Å². The van der Waals surface area contributed by atoms with Crippen LogP contribution in [-0.2, 0) is 28.8 Å². The first-order valence-electron chi connectivity index (χ1n) is 11.8. The minimum absolute atomic E-state index is 0.00433. The first-order valence-corrected chi connectivity index (χ1v) is 18.6. The fraction of sp³-hybridized carbons (Fsp3) is 0.250. The molecule has 0 aliphatic carbocycles. The van der Waals surface area contributed by atoms with Crippen LogP contribution in [0.4, 0.5) is 4.39 Å². The summed E-state index contributed by atoms with van der Waals surface area (Å²) in [6, 6.07) is 12.6. The van der Waals surface area contributed by atoms with Gasteiger partial charge in [0.05, 0.1) is 0 Å². The molecule has 0 saturated heterocycles. The number of benzene rings is 2. The van der Waals surface area contributed by atoms with Crippen LogP contribution in [-0.4, -0.2) is 27.2 Å². The van der Waals surface area contributed by atoms with Gasteiger partial charge in [0.15, 0.2) is 0 Å². The molecule has 37 heavy (non-hydrogen) atoms. The van der Waals surface area contributed by atoms with Gasteiger partial charge in [0, 0.05) is 0 Å². The van der Waals surface area contributed by atoms with Crippen LogP contribution in [0.3, 0.4) is 0 Å². The van der Waals surface area contributed by atoms with Gasteiger partial charge in [-0.3, -0.25) is 0 Å². The Kier molecular flexibility index (Phi) is 8.61. The molecule has 2 aromatic heterocycles. The van der Waals surface area contributed by atoms with Crippen molar-refractivity contribution in [3.63, 3.8) is 0 Å². The van der Waals surface area contributed by atoms with Crippen molar-refractivity contribution in [3.8, 4) is 11.1 Å². The molecule has 4 aromatic rings. The van der Waals surface area contributed by atoms with Crippen LogP contribution in [0.15, 0.2) is 49.0 Å². The maximum atomic E-state index is 13.4. The summed E-state index contributed by atoms with van der Waals surface area (Å²) in [5.74, 6) is -0.203. The number of alkyl halides is 3. The topological polar surface area (TPSA) is 56.5 Å². The third-order valence-electron chi connectivity index (χ3n) is 6.44. The molecule has 0 amide bonds. The molecule has 3 heterocycles. The Morgan fingerprint density at radius 2 is 2.03 bits per heavy atom. The molecule has 0 fully saturated rings. The first kappa shape index (κ1) is 27.1. The van der Waals surface area contributed by atoms with Crippen LogP contribution >= 0.6 is 65.0 Å².